The van der Waals surface area contributed by atoms with Crippen molar-refractivity contribution in [2.45, 2.75) is 6.18 Å². The van der Waals surface area contributed by atoms with Gasteiger partial charge in [0, 0.05) is 33.1 Å². The number of aromatic hydroxyl groups is 2. The van der Waals surface area contributed by atoms with Gasteiger partial charge < -0.3 is 27.8 Å². The van der Waals surface area contributed by atoms with Gasteiger partial charge in [-0.3, -0.25) is 0 Å². The van der Waals surface area contributed by atoms with Crippen molar-refractivity contribution in [3.63, 3.8) is 0 Å². The molecule has 0 amide bonds. The lowest BCUT2D eigenvalue weighted by atomic mass is 9.88. The van der Waals surface area contributed by atoms with E-state index in [0.29, 0.717) is 39.1 Å². The predicted octanol–water partition coefficient (Wildman–Crippen LogP) is 6.00. The highest BCUT2D eigenvalue weighted by Crippen LogP contribution is 2.47. The normalized spacial score (nSPS) is 16.0. The summed E-state index contributed by atoms with van der Waals surface area (Å²) in [4.78, 5) is 1.19. The minimum Gasteiger partial charge on any atom is -0.508 e. The number of hydrogen-bond acceptors (Lipinski definition) is 4. The van der Waals surface area contributed by atoms with Gasteiger partial charge >= 0.3 is 13.1 Å². The number of halogens is 5. The van der Waals surface area contributed by atoms with E-state index in [1.54, 1.807) is 24.3 Å². The van der Waals surface area contributed by atoms with Crippen LogP contribution in [0.15, 0.2) is 72.4 Å². The Kier molecular flexibility index (Phi) is 4.63. The highest BCUT2D eigenvalue weighted by molar-refractivity contribution is 7.22. The summed E-state index contributed by atoms with van der Waals surface area (Å²) < 4.78 is 77.7. The summed E-state index contributed by atoms with van der Waals surface area (Å²) in [5.74, 6) is 0.0869. The molecule has 2 N–H and O–H groups in total. The van der Waals surface area contributed by atoms with Crippen molar-refractivity contribution in [3.8, 4) is 32.4 Å². The molecule has 5 aromatic rings. The number of nitrogens with zero attached hydrogens (tertiary/aromatic N) is 2. The molecule has 0 radical (unpaired) electrons. The molecule has 0 spiro atoms. The Morgan fingerprint density at radius 2 is 1.37 bits per heavy atom. The van der Waals surface area contributed by atoms with E-state index in [4.69, 9.17) is 0 Å². The second-order valence-electron chi connectivity index (χ2n) is 9.07. The smallest absolute Gasteiger partial charge is 0.508 e. The van der Waals surface area contributed by atoms with Crippen molar-refractivity contribution in [2.75, 3.05) is 0 Å². The molecule has 0 unspecified atom stereocenters. The zero-order chi connectivity index (χ0) is 26.6. The van der Waals surface area contributed by atoms with Gasteiger partial charge in [-0.25, -0.2) is 0 Å². The van der Waals surface area contributed by atoms with Gasteiger partial charge in [0.15, 0.2) is 11.1 Å². The first-order chi connectivity index (χ1) is 18.0. The lowest BCUT2D eigenvalue weighted by molar-refractivity contribution is -0.0699. The number of hydrogen-bond donors (Lipinski definition) is 2. The molecule has 4 nitrogen and oxygen atoms in total. The van der Waals surface area contributed by atoms with Gasteiger partial charge in [0.1, 0.15) is 21.6 Å². The standard InChI is InChI=1S/C26H14BF5N2O2S2/c28-26(29,30)25-19-11-23-17(9-21(37-23)13-1-5-15(35)6-2-13)33(19)27(31,32)34-18-10-22(38-24(18)12-20(25)34)14-3-7-16(36)8-4-14/h1-12,35-36H. The summed E-state index contributed by atoms with van der Waals surface area (Å²) >= 11 is 2.23. The lowest BCUT2D eigenvalue weighted by Gasteiger charge is -2.32. The first-order valence-corrected chi connectivity index (χ1v) is 13.0. The fourth-order valence-electron chi connectivity index (χ4n) is 5.15. The maximum atomic E-state index is 16.4. The maximum Gasteiger partial charge on any atom is 0.737 e. The molecule has 190 valence electrons. The molecule has 0 atom stereocenters. The van der Waals surface area contributed by atoms with Crippen molar-refractivity contribution in [1.29, 1.82) is 0 Å². The largest absolute Gasteiger partial charge is 0.737 e. The molecule has 0 fully saturated rings. The van der Waals surface area contributed by atoms with Crippen LogP contribution >= 0.6 is 22.7 Å². The van der Waals surface area contributed by atoms with E-state index in [2.05, 4.69) is 0 Å². The highest BCUT2D eigenvalue weighted by atomic mass is 32.1. The van der Waals surface area contributed by atoms with Gasteiger partial charge in [-0.2, -0.15) is 13.2 Å². The highest BCUT2D eigenvalue weighted by Gasteiger charge is 2.58. The lowest BCUT2D eigenvalue weighted by Crippen LogP contribution is -2.57. The Bertz CT molecular complexity index is 1950. The van der Waals surface area contributed by atoms with Crippen molar-refractivity contribution < 1.29 is 32.0 Å². The SMILES string of the molecule is Oc1ccc(-c2cc3c(s2)=CC2=C(C(F)(F)F)c4cc5sc(-c6ccc(O)cc6)cc5n4[B-](F)(F)[N+]=32)cc1. The number of fused-ring (bicyclic) bond motifs is 5. The van der Waals surface area contributed by atoms with Crippen LogP contribution in [0.4, 0.5) is 21.8 Å². The molecule has 2 aliphatic heterocycles. The number of alkyl halides is 3. The molecule has 7 rings (SSSR count). The summed E-state index contributed by atoms with van der Waals surface area (Å²) in [6.45, 7) is -4.68. The van der Waals surface area contributed by atoms with Crippen LogP contribution in [0.2, 0.25) is 0 Å². The van der Waals surface area contributed by atoms with Gasteiger partial charge in [-0.15, -0.1) is 22.7 Å². The topological polar surface area (TPSA) is 48.4 Å². The van der Waals surface area contributed by atoms with Crippen LogP contribution in [0.25, 0.3) is 42.7 Å². The second kappa shape index (κ2) is 7.58. The van der Waals surface area contributed by atoms with Crippen LogP contribution in [0.3, 0.4) is 0 Å². The second-order valence-corrected chi connectivity index (χ2v) is 11.2. The molecule has 5 heterocycles. The van der Waals surface area contributed by atoms with Crippen molar-refractivity contribution in [2.24, 2.45) is 0 Å². The molecule has 38 heavy (non-hydrogen) atoms. The van der Waals surface area contributed by atoms with Gasteiger partial charge in [-0.05, 0) is 71.8 Å². The van der Waals surface area contributed by atoms with E-state index >= 15 is 8.63 Å². The Hall–Kier alpha value is -3.90. The minimum absolute atomic E-state index is 0.0151. The summed E-state index contributed by atoms with van der Waals surface area (Å²) in [5, 5.41) is 19.1. The summed E-state index contributed by atoms with van der Waals surface area (Å²) in [5.41, 5.74) is -0.888. The van der Waals surface area contributed by atoms with E-state index in [-0.39, 0.29) is 22.4 Å². The van der Waals surface area contributed by atoms with Gasteiger partial charge in [0.2, 0.25) is 0 Å². The fourth-order valence-corrected chi connectivity index (χ4v) is 7.34. The molecule has 3 aromatic heterocycles. The molecule has 2 aliphatic rings. The predicted molar refractivity (Wildman–Crippen MR) is 140 cm³/mol. The third-order valence-corrected chi connectivity index (χ3v) is 9.02. The van der Waals surface area contributed by atoms with Gasteiger partial charge in [0.25, 0.3) is 0 Å². The summed E-state index contributed by atoms with van der Waals surface area (Å²) in [6, 6.07) is 16.5. The van der Waals surface area contributed by atoms with Crippen LogP contribution < -0.4 is 14.4 Å². The van der Waals surface area contributed by atoms with E-state index in [0.717, 1.165) is 22.7 Å². The van der Waals surface area contributed by atoms with Crippen molar-refractivity contribution in [3.05, 3.63) is 88.0 Å². The van der Waals surface area contributed by atoms with E-state index in [1.807, 2.05) is 0 Å². The monoisotopic (exact) mass is 556 g/mol. The number of aromatic nitrogens is 1. The van der Waals surface area contributed by atoms with Crippen LogP contribution in [0.1, 0.15) is 5.69 Å². The molecular formula is C26H14BF5N2O2S2. The van der Waals surface area contributed by atoms with Crippen molar-refractivity contribution in [1.82, 2.24) is 8.96 Å². The number of benzene rings is 2. The molecule has 0 saturated heterocycles. The number of rotatable bonds is 2. The average Bonchev–Trinajstić information content (AvgIpc) is 3.57. The van der Waals surface area contributed by atoms with Gasteiger partial charge in [-0.1, -0.05) is 0 Å². The third kappa shape index (κ3) is 3.23. The van der Waals surface area contributed by atoms with Gasteiger partial charge in [0.05, 0.1) is 4.70 Å². The zero-order valence-electron chi connectivity index (χ0n) is 19.0. The fraction of sp³-hybridized carbons (Fsp3) is 0.0385. The molecule has 12 heteroatoms. The number of phenols is 2. The average molecular weight is 556 g/mol. The van der Waals surface area contributed by atoms with E-state index < -0.39 is 30.1 Å². The Morgan fingerprint density at radius 3 is 1.95 bits per heavy atom. The van der Waals surface area contributed by atoms with E-state index in [1.165, 1.54) is 48.5 Å². The Balaban J connectivity index is 1.49. The maximum absolute atomic E-state index is 16.4. The van der Waals surface area contributed by atoms with Crippen LogP contribution in [-0.4, -0.2) is 27.8 Å². The van der Waals surface area contributed by atoms with Crippen molar-refractivity contribution >= 4 is 51.5 Å². The number of thiophene rings is 2. The van der Waals surface area contributed by atoms with E-state index in [9.17, 15) is 23.4 Å². The molecule has 2 aromatic carbocycles. The van der Waals surface area contributed by atoms with Crippen LogP contribution in [0.5, 0.6) is 11.5 Å². The number of phenolic OH excluding ortho intramolecular Hbond substituents is 2. The Labute approximate surface area is 218 Å². The molecular weight excluding hydrogens is 542 g/mol. The third-order valence-electron chi connectivity index (χ3n) is 6.77. The molecule has 0 aliphatic carbocycles. The summed E-state index contributed by atoms with van der Waals surface area (Å²) in [7, 11) is 0. The first-order valence-electron chi connectivity index (χ1n) is 11.4. The molecule has 0 saturated carbocycles. The Morgan fingerprint density at radius 1 is 0.789 bits per heavy atom. The first kappa shape index (κ1) is 23.2. The molecule has 0 bridgehead atoms. The zero-order valence-corrected chi connectivity index (χ0v) is 20.6. The van der Waals surface area contributed by atoms with Crippen LogP contribution in [-0.2, 0) is 0 Å². The quantitative estimate of drug-likeness (QED) is 0.207. The number of allylic oxidation sites excluding steroid dienone is 2. The summed E-state index contributed by atoms with van der Waals surface area (Å²) in [6.07, 6.45) is -3.68. The minimum atomic E-state index is -4.87. The van der Waals surface area contributed by atoms with Crippen LogP contribution in [0, 0.1) is 0 Å².